The van der Waals surface area contributed by atoms with Gasteiger partial charge in [0.25, 0.3) is 16.0 Å². The molecule has 214 valence electrons. The first-order chi connectivity index (χ1) is 19.1. The Hall–Kier alpha value is -3.57. The molecule has 2 heterocycles. The predicted octanol–water partition coefficient (Wildman–Crippen LogP) is 5.70. The van der Waals surface area contributed by atoms with Crippen molar-refractivity contribution in [3.63, 3.8) is 0 Å². The van der Waals surface area contributed by atoms with Gasteiger partial charge in [0, 0.05) is 34.5 Å². The van der Waals surface area contributed by atoms with Gasteiger partial charge >= 0.3 is 10.1 Å². The van der Waals surface area contributed by atoms with Crippen molar-refractivity contribution in [3.05, 3.63) is 108 Å². The quantitative estimate of drug-likeness (QED) is 0.205. The average Bonchev–Trinajstić information content (AvgIpc) is 3.21. The predicted molar refractivity (Wildman–Crippen MR) is 163 cm³/mol. The Morgan fingerprint density at radius 3 is 2.20 bits per heavy atom. The van der Waals surface area contributed by atoms with Crippen molar-refractivity contribution in [2.75, 3.05) is 16.7 Å². The van der Waals surface area contributed by atoms with Crippen LogP contribution in [0.4, 0.5) is 11.4 Å². The van der Waals surface area contributed by atoms with Crippen LogP contribution in [0.5, 0.6) is 0 Å². The van der Waals surface area contributed by atoms with E-state index in [1.807, 2.05) is 101 Å². The van der Waals surface area contributed by atoms with Gasteiger partial charge in [-0.15, -0.1) is 0 Å². The van der Waals surface area contributed by atoms with E-state index in [2.05, 4.69) is 0 Å². The molecule has 0 fully saturated rings. The topological polar surface area (TPSA) is 115 Å². The second-order valence-electron chi connectivity index (χ2n) is 11.4. The molecular weight excluding hydrogens is 560 g/mol. The lowest BCUT2D eigenvalue weighted by Crippen LogP contribution is -2.30. The molecule has 3 aromatic carbocycles. The number of anilines is 1. The van der Waals surface area contributed by atoms with Crippen LogP contribution in [0.3, 0.4) is 0 Å². The van der Waals surface area contributed by atoms with E-state index in [0.717, 1.165) is 33.3 Å². The van der Waals surface area contributed by atoms with Gasteiger partial charge < -0.3 is 4.90 Å². The fourth-order valence-corrected chi connectivity index (χ4v) is 7.35. The second kappa shape index (κ2) is 10.1. The van der Waals surface area contributed by atoms with Crippen LogP contribution in [0, 0.1) is 0 Å². The summed E-state index contributed by atoms with van der Waals surface area (Å²) in [6.45, 7) is 8.05. The maximum Gasteiger partial charge on any atom is 0.326 e. The van der Waals surface area contributed by atoms with E-state index in [0.29, 0.717) is 11.4 Å². The summed E-state index contributed by atoms with van der Waals surface area (Å²) in [5.74, 6) is -1.14. The summed E-state index contributed by atoms with van der Waals surface area (Å²) in [5, 5.41) is 2.05. The van der Waals surface area contributed by atoms with Crippen molar-refractivity contribution in [1.29, 1.82) is 0 Å². The number of rotatable bonds is 7. The molecular formula is C31H33N2O6S2+. The molecule has 3 aromatic rings. The van der Waals surface area contributed by atoms with E-state index in [-0.39, 0.29) is 0 Å². The van der Waals surface area contributed by atoms with E-state index >= 15 is 0 Å². The van der Waals surface area contributed by atoms with Crippen molar-refractivity contribution < 1.29 is 30.5 Å². The number of nitrogens with zero attached hydrogens (tertiary/aromatic N) is 2. The van der Waals surface area contributed by atoms with Crippen molar-refractivity contribution in [3.8, 4) is 0 Å². The summed E-state index contributed by atoms with van der Waals surface area (Å²) in [6.07, 6.45) is 9.02. The fraction of sp³-hybridized carbons (Fsp3) is 0.258. The number of benzene rings is 3. The number of para-hydroxylation sites is 1. The van der Waals surface area contributed by atoms with Gasteiger partial charge in [0.1, 0.15) is 0 Å². The van der Waals surface area contributed by atoms with Gasteiger partial charge in [0.15, 0.2) is 11.6 Å². The number of hydrogen-bond donors (Lipinski definition) is 2. The summed E-state index contributed by atoms with van der Waals surface area (Å²) in [7, 11) is -8.61. The van der Waals surface area contributed by atoms with E-state index in [9.17, 15) is 25.9 Å². The largest absolute Gasteiger partial charge is 0.327 e. The first-order valence-corrected chi connectivity index (χ1v) is 16.3. The first kappa shape index (κ1) is 28.9. The van der Waals surface area contributed by atoms with Crippen LogP contribution in [0.25, 0.3) is 10.8 Å². The molecule has 0 bridgehead atoms. The van der Waals surface area contributed by atoms with Gasteiger partial charge in [-0.25, -0.2) is 0 Å². The minimum Gasteiger partial charge on any atom is -0.327 e. The van der Waals surface area contributed by atoms with E-state index < -0.39 is 42.8 Å². The highest BCUT2D eigenvalue weighted by Crippen LogP contribution is 2.50. The van der Waals surface area contributed by atoms with Crippen molar-refractivity contribution >= 4 is 48.1 Å². The van der Waals surface area contributed by atoms with Crippen LogP contribution in [0.15, 0.2) is 96.7 Å². The maximum atomic E-state index is 12.0. The van der Waals surface area contributed by atoms with Gasteiger partial charge in [-0.3, -0.25) is 9.11 Å². The fourth-order valence-electron chi connectivity index (χ4n) is 6.14. The number of hydrogen-bond acceptors (Lipinski definition) is 5. The molecule has 0 unspecified atom stereocenters. The SMILES string of the molecule is CC1(C)C(C=CC=CC=C2N(CS(=O)(=O)O)c3ccc4ccccc4c3C2(C)C)=[N+](CS(=O)(=O)O)c2ccccc21. The highest BCUT2D eigenvalue weighted by Gasteiger charge is 2.45. The minimum absolute atomic E-state index is 0.507. The van der Waals surface area contributed by atoms with Crippen molar-refractivity contribution in [1.82, 2.24) is 0 Å². The third-order valence-electron chi connectivity index (χ3n) is 7.87. The summed E-state index contributed by atoms with van der Waals surface area (Å²) >= 11 is 0. The molecule has 2 aliphatic rings. The van der Waals surface area contributed by atoms with Gasteiger partial charge in [0.05, 0.1) is 5.41 Å². The Morgan fingerprint density at radius 1 is 0.805 bits per heavy atom. The van der Waals surface area contributed by atoms with Crippen LogP contribution in [0.1, 0.15) is 38.8 Å². The monoisotopic (exact) mass is 593 g/mol. The lowest BCUT2D eigenvalue weighted by molar-refractivity contribution is -0.416. The number of fused-ring (bicyclic) bond motifs is 4. The van der Waals surface area contributed by atoms with Crippen LogP contribution < -0.4 is 4.90 Å². The van der Waals surface area contributed by atoms with Crippen LogP contribution >= 0.6 is 0 Å². The zero-order chi connectivity index (χ0) is 29.8. The Labute approximate surface area is 241 Å². The lowest BCUT2D eigenvalue weighted by atomic mass is 9.81. The molecule has 0 aromatic heterocycles. The second-order valence-corrected chi connectivity index (χ2v) is 14.3. The molecule has 2 N–H and O–H groups in total. The highest BCUT2D eigenvalue weighted by molar-refractivity contribution is 7.86. The van der Waals surface area contributed by atoms with E-state index in [1.165, 1.54) is 0 Å². The highest BCUT2D eigenvalue weighted by atomic mass is 32.2. The van der Waals surface area contributed by atoms with E-state index in [1.54, 1.807) is 27.7 Å². The molecule has 0 saturated carbocycles. The molecule has 0 spiro atoms. The third kappa shape index (κ3) is 5.40. The standard InChI is InChI=1S/C31H32N2O6S2/c1-30(2)24-14-10-11-15-25(24)32(20-40(34,35)36)27(30)16-6-5-7-17-28-31(3,4)29-23-13-9-8-12-22(23)18-19-26(29)33(28)21-41(37,38)39/h5-19H,20-21H2,1-4H3,(H-,34,35,36,37,38,39)/p+1. The minimum atomic E-state index is -4.32. The maximum absolute atomic E-state index is 12.0. The smallest absolute Gasteiger partial charge is 0.326 e. The van der Waals surface area contributed by atoms with Gasteiger partial charge in [-0.1, -0.05) is 80.6 Å². The molecule has 8 nitrogen and oxygen atoms in total. The Balaban J connectivity index is 1.54. The van der Waals surface area contributed by atoms with Gasteiger partial charge in [-0.05, 0) is 42.3 Å². The Kier molecular flexibility index (Phi) is 7.10. The summed E-state index contributed by atoms with van der Waals surface area (Å²) in [5.41, 5.74) is 3.73. The molecule has 41 heavy (non-hydrogen) atoms. The molecule has 0 aliphatic carbocycles. The molecule has 0 radical (unpaired) electrons. The summed E-state index contributed by atoms with van der Waals surface area (Å²) < 4.78 is 68.7. The zero-order valence-corrected chi connectivity index (χ0v) is 24.9. The van der Waals surface area contributed by atoms with Gasteiger partial charge in [0.2, 0.25) is 5.69 Å². The van der Waals surface area contributed by atoms with Crippen LogP contribution in [-0.2, 0) is 31.1 Å². The first-order valence-electron chi connectivity index (χ1n) is 13.1. The average molecular weight is 594 g/mol. The van der Waals surface area contributed by atoms with Crippen molar-refractivity contribution in [2.45, 2.75) is 38.5 Å². The summed E-state index contributed by atoms with van der Waals surface area (Å²) in [4.78, 5) is 1.63. The summed E-state index contributed by atoms with van der Waals surface area (Å²) in [6, 6.07) is 19.3. The third-order valence-corrected chi connectivity index (χ3v) is 9.04. The lowest BCUT2D eigenvalue weighted by Gasteiger charge is -2.26. The molecule has 10 heteroatoms. The normalized spacial score (nSPS) is 19.2. The Morgan fingerprint density at radius 2 is 1.49 bits per heavy atom. The van der Waals surface area contributed by atoms with Crippen molar-refractivity contribution in [2.24, 2.45) is 0 Å². The van der Waals surface area contributed by atoms with Gasteiger partial charge in [-0.2, -0.15) is 21.4 Å². The molecule has 2 aliphatic heterocycles. The number of allylic oxidation sites excluding steroid dienone is 6. The van der Waals surface area contributed by atoms with Crippen LogP contribution in [0.2, 0.25) is 0 Å². The Bertz CT molecular complexity index is 1900. The molecule has 0 saturated heterocycles. The zero-order valence-electron chi connectivity index (χ0n) is 23.3. The molecule has 0 atom stereocenters. The molecule has 0 amide bonds. The molecule has 5 rings (SSSR count). The van der Waals surface area contributed by atoms with Crippen LogP contribution in [-0.4, -0.2) is 48.0 Å². The van der Waals surface area contributed by atoms with E-state index in [4.69, 9.17) is 0 Å².